The van der Waals surface area contributed by atoms with Gasteiger partial charge in [-0.15, -0.1) is 12.4 Å². The fourth-order valence-electron chi connectivity index (χ4n) is 4.81. The lowest BCUT2D eigenvalue weighted by atomic mass is 9.67. The van der Waals surface area contributed by atoms with E-state index in [1.807, 2.05) is 0 Å². The van der Waals surface area contributed by atoms with Gasteiger partial charge in [-0.3, -0.25) is 4.79 Å². The molecule has 2 rings (SSSR count). The van der Waals surface area contributed by atoms with Crippen LogP contribution in [0.1, 0.15) is 66.2 Å². The van der Waals surface area contributed by atoms with Crippen LogP contribution in [0.25, 0.3) is 0 Å². The van der Waals surface area contributed by atoms with Crippen LogP contribution in [0, 0.1) is 23.2 Å². The Balaban J connectivity index is 0.00000264. The van der Waals surface area contributed by atoms with E-state index in [0.29, 0.717) is 17.2 Å². The highest BCUT2D eigenvalue weighted by Gasteiger charge is 2.34. The number of hydrogen-bond acceptors (Lipinski definition) is 2. The number of amides is 1. The molecule has 0 aromatic carbocycles. The molecule has 1 saturated carbocycles. The highest BCUT2D eigenvalue weighted by atomic mass is 35.5. The van der Waals surface area contributed by atoms with Gasteiger partial charge < -0.3 is 10.2 Å². The van der Waals surface area contributed by atoms with E-state index in [0.717, 1.165) is 44.4 Å². The number of carbonyl (C=O) groups is 1. The molecular weight excluding hydrogens is 308 g/mol. The highest BCUT2D eigenvalue weighted by molar-refractivity contribution is 5.85. The first-order valence-corrected chi connectivity index (χ1v) is 9.38. The SMILES string of the molecule is CCNCC1CCN(C(=O)CC2CC(C)CC(C)(C)C2)CC1.Cl. The van der Waals surface area contributed by atoms with Crippen molar-refractivity contribution in [1.29, 1.82) is 0 Å². The maximum Gasteiger partial charge on any atom is 0.222 e. The number of nitrogens with one attached hydrogen (secondary N) is 1. The van der Waals surface area contributed by atoms with Gasteiger partial charge in [0.05, 0.1) is 0 Å². The Labute approximate surface area is 149 Å². The molecule has 2 aliphatic rings. The van der Waals surface area contributed by atoms with Crippen molar-refractivity contribution < 1.29 is 4.79 Å². The Morgan fingerprint density at radius 1 is 1.17 bits per heavy atom. The van der Waals surface area contributed by atoms with Crippen LogP contribution in [0.2, 0.25) is 0 Å². The van der Waals surface area contributed by atoms with Crippen molar-refractivity contribution in [3.8, 4) is 0 Å². The minimum Gasteiger partial charge on any atom is -0.343 e. The molecule has 23 heavy (non-hydrogen) atoms. The number of hydrogen-bond donors (Lipinski definition) is 1. The molecule has 2 unspecified atom stereocenters. The van der Waals surface area contributed by atoms with E-state index in [1.54, 1.807) is 0 Å². The predicted molar refractivity (Wildman–Crippen MR) is 100.0 cm³/mol. The third-order valence-electron chi connectivity index (χ3n) is 5.59. The van der Waals surface area contributed by atoms with Crippen LogP contribution in [0.15, 0.2) is 0 Å². The quantitative estimate of drug-likeness (QED) is 0.814. The summed E-state index contributed by atoms with van der Waals surface area (Å²) in [5.41, 5.74) is 0.418. The second-order valence-corrected chi connectivity index (χ2v) is 8.62. The van der Waals surface area contributed by atoms with E-state index in [-0.39, 0.29) is 12.4 Å². The minimum atomic E-state index is 0. The summed E-state index contributed by atoms with van der Waals surface area (Å²) in [6.45, 7) is 13.4. The third-order valence-corrected chi connectivity index (χ3v) is 5.59. The predicted octanol–water partition coefficient (Wildman–Crippen LogP) is 4.11. The Morgan fingerprint density at radius 2 is 1.83 bits per heavy atom. The first kappa shape index (κ1) is 20.8. The van der Waals surface area contributed by atoms with Gasteiger partial charge >= 0.3 is 0 Å². The number of nitrogens with zero attached hydrogens (tertiary/aromatic N) is 1. The Kier molecular flexibility index (Phi) is 8.37. The zero-order valence-corrected chi connectivity index (χ0v) is 16.4. The molecule has 0 spiro atoms. The van der Waals surface area contributed by atoms with E-state index in [1.165, 1.54) is 32.1 Å². The van der Waals surface area contributed by atoms with Gasteiger partial charge in [-0.2, -0.15) is 0 Å². The van der Waals surface area contributed by atoms with Crippen molar-refractivity contribution in [2.24, 2.45) is 23.2 Å². The summed E-state index contributed by atoms with van der Waals surface area (Å²) in [6.07, 6.45) is 6.90. The molecule has 1 aliphatic carbocycles. The largest absolute Gasteiger partial charge is 0.343 e. The van der Waals surface area contributed by atoms with E-state index in [9.17, 15) is 4.79 Å². The molecule has 1 saturated heterocycles. The molecule has 1 aliphatic heterocycles. The first-order chi connectivity index (χ1) is 10.4. The standard InChI is InChI=1S/C19H36N2O.ClH/c1-5-20-14-16-6-8-21(9-7-16)18(22)11-17-10-15(2)12-19(3,4)13-17;/h15-17,20H,5-14H2,1-4H3;1H. The monoisotopic (exact) mass is 344 g/mol. The normalized spacial score (nSPS) is 28.3. The summed E-state index contributed by atoms with van der Waals surface area (Å²) < 4.78 is 0. The third kappa shape index (κ3) is 6.62. The van der Waals surface area contributed by atoms with Crippen LogP contribution in [-0.2, 0) is 4.79 Å². The average molecular weight is 345 g/mol. The van der Waals surface area contributed by atoms with Gasteiger partial charge in [-0.25, -0.2) is 0 Å². The maximum absolute atomic E-state index is 12.6. The van der Waals surface area contributed by atoms with Crippen molar-refractivity contribution in [2.75, 3.05) is 26.2 Å². The van der Waals surface area contributed by atoms with Gasteiger partial charge in [0.15, 0.2) is 0 Å². The smallest absolute Gasteiger partial charge is 0.222 e. The molecule has 0 aromatic heterocycles. The fraction of sp³-hybridized carbons (Fsp3) is 0.947. The molecule has 1 amide bonds. The number of rotatable bonds is 5. The lowest BCUT2D eigenvalue weighted by Gasteiger charge is -2.40. The summed E-state index contributed by atoms with van der Waals surface area (Å²) in [7, 11) is 0. The van der Waals surface area contributed by atoms with Crippen LogP contribution in [0.4, 0.5) is 0 Å². The van der Waals surface area contributed by atoms with Gasteiger partial charge in [0.2, 0.25) is 5.91 Å². The van der Waals surface area contributed by atoms with Crippen LogP contribution in [0.5, 0.6) is 0 Å². The molecule has 4 heteroatoms. The second-order valence-electron chi connectivity index (χ2n) is 8.62. The fourth-order valence-corrected chi connectivity index (χ4v) is 4.81. The number of likely N-dealkylation sites (tertiary alicyclic amines) is 1. The molecule has 3 nitrogen and oxygen atoms in total. The number of halogens is 1. The molecule has 0 radical (unpaired) electrons. The second kappa shape index (κ2) is 9.27. The van der Waals surface area contributed by atoms with E-state index in [4.69, 9.17) is 0 Å². The molecule has 1 heterocycles. The number of carbonyl (C=O) groups excluding carboxylic acids is 1. The van der Waals surface area contributed by atoms with E-state index in [2.05, 4.69) is 37.9 Å². The maximum atomic E-state index is 12.6. The summed E-state index contributed by atoms with van der Waals surface area (Å²) >= 11 is 0. The zero-order valence-electron chi connectivity index (χ0n) is 15.6. The molecular formula is C19H37ClN2O. The molecule has 0 bridgehead atoms. The number of piperidine rings is 1. The van der Waals surface area contributed by atoms with Crippen LogP contribution < -0.4 is 5.32 Å². The summed E-state index contributed by atoms with van der Waals surface area (Å²) in [5, 5.41) is 3.44. The van der Waals surface area contributed by atoms with Crippen molar-refractivity contribution in [2.45, 2.75) is 66.2 Å². The Hall–Kier alpha value is -0.280. The molecule has 2 atom stereocenters. The minimum absolute atomic E-state index is 0. The average Bonchev–Trinajstić information content (AvgIpc) is 2.43. The molecule has 2 fully saturated rings. The van der Waals surface area contributed by atoms with Crippen LogP contribution in [-0.4, -0.2) is 37.0 Å². The Morgan fingerprint density at radius 3 is 2.39 bits per heavy atom. The van der Waals surface area contributed by atoms with Crippen LogP contribution >= 0.6 is 12.4 Å². The lowest BCUT2D eigenvalue weighted by Crippen LogP contribution is -2.42. The molecule has 0 aromatic rings. The van der Waals surface area contributed by atoms with Crippen molar-refractivity contribution in [3.63, 3.8) is 0 Å². The topological polar surface area (TPSA) is 32.3 Å². The van der Waals surface area contributed by atoms with Gasteiger partial charge in [0, 0.05) is 19.5 Å². The van der Waals surface area contributed by atoms with E-state index < -0.39 is 0 Å². The van der Waals surface area contributed by atoms with Gasteiger partial charge in [0.25, 0.3) is 0 Å². The van der Waals surface area contributed by atoms with Crippen molar-refractivity contribution >= 4 is 18.3 Å². The van der Waals surface area contributed by atoms with Crippen LogP contribution in [0.3, 0.4) is 0 Å². The lowest BCUT2D eigenvalue weighted by molar-refractivity contribution is -0.134. The van der Waals surface area contributed by atoms with Crippen molar-refractivity contribution in [3.05, 3.63) is 0 Å². The zero-order chi connectivity index (χ0) is 16.2. The summed E-state index contributed by atoms with van der Waals surface area (Å²) in [4.78, 5) is 14.7. The summed E-state index contributed by atoms with van der Waals surface area (Å²) in [5.74, 6) is 2.55. The molecule has 1 N–H and O–H groups in total. The first-order valence-electron chi connectivity index (χ1n) is 9.38. The van der Waals surface area contributed by atoms with Gasteiger partial charge in [0.1, 0.15) is 0 Å². The highest BCUT2D eigenvalue weighted by Crippen LogP contribution is 2.43. The van der Waals surface area contributed by atoms with Crippen molar-refractivity contribution in [1.82, 2.24) is 10.2 Å². The van der Waals surface area contributed by atoms with Gasteiger partial charge in [-0.1, -0.05) is 27.7 Å². The molecule has 136 valence electrons. The summed E-state index contributed by atoms with van der Waals surface area (Å²) in [6, 6.07) is 0. The van der Waals surface area contributed by atoms with Gasteiger partial charge in [-0.05, 0) is 68.4 Å². The Bertz CT molecular complexity index is 364. The van der Waals surface area contributed by atoms with E-state index >= 15 is 0 Å².